The van der Waals surface area contributed by atoms with E-state index in [0.717, 1.165) is 31.0 Å². The zero-order valence-electron chi connectivity index (χ0n) is 16.0. The Balaban J connectivity index is 2.89. The van der Waals surface area contributed by atoms with Crippen LogP contribution in [-0.4, -0.2) is 64.3 Å². The molecule has 1 rings (SSSR count). The summed E-state index contributed by atoms with van der Waals surface area (Å²) in [5, 5.41) is 0. The summed E-state index contributed by atoms with van der Waals surface area (Å²) in [6.07, 6.45) is 0.933. The summed E-state index contributed by atoms with van der Waals surface area (Å²) < 4.78 is 12.1. The molecule has 0 aromatic heterocycles. The number of hydrogen-bond acceptors (Lipinski definition) is 4. The molecule has 23 heavy (non-hydrogen) atoms. The standard InChI is InChI=1S/C19H34N2O2/c1-19(2,3)15-16-17(22-13-11-20(4)5)9-8-10-18(16)23-14-12-21(6)7/h8-10H,11-15H2,1-7H3. The van der Waals surface area contributed by atoms with Gasteiger partial charge in [-0.15, -0.1) is 0 Å². The highest BCUT2D eigenvalue weighted by molar-refractivity contribution is 5.45. The van der Waals surface area contributed by atoms with E-state index in [9.17, 15) is 0 Å². The summed E-state index contributed by atoms with van der Waals surface area (Å²) in [6.45, 7) is 9.91. The molecule has 0 aliphatic rings. The minimum atomic E-state index is 0.181. The van der Waals surface area contributed by atoms with E-state index in [4.69, 9.17) is 9.47 Å². The predicted molar refractivity (Wildman–Crippen MR) is 97.7 cm³/mol. The Kier molecular flexibility index (Phi) is 7.86. The Labute approximate surface area is 142 Å². The number of benzene rings is 1. The summed E-state index contributed by atoms with van der Waals surface area (Å²) in [6, 6.07) is 6.12. The Morgan fingerprint density at radius 3 is 1.61 bits per heavy atom. The van der Waals surface area contributed by atoms with Gasteiger partial charge in [-0.1, -0.05) is 26.8 Å². The Morgan fingerprint density at radius 1 is 0.826 bits per heavy atom. The molecule has 0 N–H and O–H groups in total. The zero-order valence-corrected chi connectivity index (χ0v) is 16.0. The zero-order chi connectivity index (χ0) is 17.5. The highest BCUT2D eigenvalue weighted by atomic mass is 16.5. The minimum absolute atomic E-state index is 0.181. The van der Waals surface area contributed by atoms with Crippen molar-refractivity contribution in [2.24, 2.45) is 5.41 Å². The second kappa shape index (κ2) is 9.14. The summed E-state index contributed by atoms with van der Waals surface area (Å²) in [4.78, 5) is 4.25. The molecule has 0 amide bonds. The molecule has 0 fully saturated rings. The molecule has 1 aromatic carbocycles. The van der Waals surface area contributed by atoms with Crippen LogP contribution in [0.25, 0.3) is 0 Å². The van der Waals surface area contributed by atoms with Crippen molar-refractivity contribution in [1.29, 1.82) is 0 Å². The van der Waals surface area contributed by atoms with Crippen molar-refractivity contribution in [2.75, 3.05) is 54.5 Å². The molecule has 0 aliphatic heterocycles. The lowest BCUT2D eigenvalue weighted by atomic mass is 9.87. The molecule has 4 nitrogen and oxygen atoms in total. The number of rotatable bonds is 9. The fraction of sp³-hybridized carbons (Fsp3) is 0.684. The third-order valence-electron chi connectivity index (χ3n) is 3.39. The van der Waals surface area contributed by atoms with Gasteiger partial charge in [0.25, 0.3) is 0 Å². The van der Waals surface area contributed by atoms with Crippen molar-refractivity contribution in [3.8, 4) is 11.5 Å². The van der Waals surface area contributed by atoms with Crippen LogP contribution in [0, 0.1) is 5.41 Å². The first kappa shape index (κ1) is 19.8. The topological polar surface area (TPSA) is 24.9 Å². The first-order valence-electron chi connectivity index (χ1n) is 8.36. The van der Waals surface area contributed by atoms with Gasteiger partial charge in [0.2, 0.25) is 0 Å². The SMILES string of the molecule is CN(C)CCOc1cccc(OCCN(C)C)c1CC(C)(C)C. The van der Waals surface area contributed by atoms with Crippen molar-refractivity contribution in [1.82, 2.24) is 9.80 Å². The molecule has 0 radical (unpaired) electrons. The summed E-state index contributed by atoms with van der Waals surface area (Å²) in [5.74, 6) is 1.90. The summed E-state index contributed by atoms with van der Waals surface area (Å²) in [7, 11) is 8.22. The van der Waals surface area contributed by atoms with Gasteiger partial charge in [0.1, 0.15) is 24.7 Å². The van der Waals surface area contributed by atoms with E-state index in [-0.39, 0.29) is 5.41 Å². The van der Waals surface area contributed by atoms with E-state index >= 15 is 0 Å². The third kappa shape index (κ3) is 8.24. The first-order valence-corrected chi connectivity index (χ1v) is 8.36. The van der Waals surface area contributed by atoms with Gasteiger partial charge in [-0.3, -0.25) is 0 Å². The van der Waals surface area contributed by atoms with Crippen LogP contribution in [0.3, 0.4) is 0 Å². The fourth-order valence-corrected chi connectivity index (χ4v) is 2.20. The third-order valence-corrected chi connectivity index (χ3v) is 3.39. The molecule has 0 heterocycles. The summed E-state index contributed by atoms with van der Waals surface area (Å²) >= 11 is 0. The molecule has 4 heteroatoms. The van der Waals surface area contributed by atoms with Gasteiger partial charge in [0, 0.05) is 18.7 Å². The van der Waals surface area contributed by atoms with Crippen LogP contribution in [-0.2, 0) is 6.42 Å². The Hall–Kier alpha value is -1.26. The van der Waals surface area contributed by atoms with E-state index in [0.29, 0.717) is 13.2 Å². The molecule has 1 aromatic rings. The van der Waals surface area contributed by atoms with E-state index in [1.807, 2.05) is 6.07 Å². The second-order valence-electron chi connectivity index (χ2n) is 7.77. The maximum atomic E-state index is 6.03. The fourth-order valence-electron chi connectivity index (χ4n) is 2.20. The van der Waals surface area contributed by atoms with Crippen LogP contribution in [0.2, 0.25) is 0 Å². The molecule has 0 spiro atoms. The normalized spacial score (nSPS) is 12.0. The highest BCUT2D eigenvalue weighted by Crippen LogP contribution is 2.34. The molecular formula is C19H34N2O2. The average molecular weight is 322 g/mol. The van der Waals surface area contributed by atoms with Crippen molar-refractivity contribution < 1.29 is 9.47 Å². The van der Waals surface area contributed by atoms with E-state index in [1.54, 1.807) is 0 Å². The van der Waals surface area contributed by atoms with Crippen molar-refractivity contribution >= 4 is 0 Å². The average Bonchev–Trinajstić information content (AvgIpc) is 2.39. The van der Waals surface area contributed by atoms with Crippen LogP contribution in [0.15, 0.2) is 18.2 Å². The largest absolute Gasteiger partial charge is 0.492 e. The van der Waals surface area contributed by atoms with E-state index in [1.165, 1.54) is 5.56 Å². The second-order valence-corrected chi connectivity index (χ2v) is 7.77. The van der Waals surface area contributed by atoms with Gasteiger partial charge in [-0.25, -0.2) is 0 Å². The van der Waals surface area contributed by atoms with Gasteiger partial charge in [0.15, 0.2) is 0 Å². The monoisotopic (exact) mass is 322 g/mol. The Bertz CT molecular complexity index is 433. The number of ether oxygens (including phenoxy) is 2. The van der Waals surface area contributed by atoms with Gasteiger partial charge < -0.3 is 19.3 Å². The smallest absolute Gasteiger partial charge is 0.126 e. The molecule has 0 saturated heterocycles. The van der Waals surface area contributed by atoms with Crippen LogP contribution in [0.4, 0.5) is 0 Å². The lowest BCUT2D eigenvalue weighted by molar-refractivity contribution is 0.243. The summed E-state index contributed by atoms with van der Waals surface area (Å²) in [5.41, 5.74) is 1.36. The van der Waals surface area contributed by atoms with E-state index < -0.39 is 0 Å². The molecule has 0 bridgehead atoms. The highest BCUT2D eigenvalue weighted by Gasteiger charge is 2.19. The molecule has 0 aliphatic carbocycles. The molecule has 0 atom stereocenters. The number of nitrogens with zero attached hydrogens (tertiary/aromatic N) is 2. The van der Waals surface area contributed by atoms with E-state index in [2.05, 4.69) is 70.9 Å². The van der Waals surface area contributed by atoms with Gasteiger partial charge >= 0.3 is 0 Å². The van der Waals surface area contributed by atoms with Gasteiger partial charge in [-0.2, -0.15) is 0 Å². The predicted octanol–water partition coefficient (Wildman–Crippen LogP) is 3.16. The molecule has 0 saturated carbocycles. The number of likely N-dealkylation sites (N-methyl/N-ethyl adjacent to an activating group) is 2. The Morgan fingerprint density at radius 2 is 1.26 bits per heavy atom. The lowest BCUT2D eigenvalue weighted by Crippen LogP contribution is -2.21. The maximum absolute atomic E-state index is 6.03. The van der Waals surface area contributed by atoms with Crippen molar-refractivity contribution in [3.05, 3.63) is 23.8 Å². The van der Waals surface area contributed by atoms with Crippen molar-refractivity contribution in [3.63, 3.8) is 0 Å². The van der Waals surface area contributed by atoms with Crippen LogP contribution >= 0.6 is 0 Å². The van der Waals surface area contributed by atoms with Crippen LogP contribution in [0.5, 0.6) is 11.5 Å². The minimum Gasteiger partial charge on any atom is -0.492 e. The van der Waals surface area contributed by atoms with Crippen LogP contribution in [0.1, 0.15) is 26.3 Å². The van der Waals surface area contributed by atoms with Crippen LogP contribution < -0.4 is 9.47 Å². The number of hydrogen-bond donors (Lipinski definition) is 0. The first-order chi connectivity index (χ1) is 10.7. The van der Waals surface area contributed by atoms with Crippen molar-refractivity contribution in [2.45, 2.75) is 27.2 Å². The van der Waals surface area contributed by atoms with Gasteiger partial charge in [-0.05, 0) is 52.2 Å². The molecular weight excluding hydrogens is 288 g/mol. The molecule has 0 unspecified atom stereocenters. The van der Waals surface area contributed by atoms with Gasteiger partial charge in [0.05, 0.1) is 0 Å². The maximum Gasteiger partial charge on any atom is 0.126 e. The quantitative estimate of drug-likeness (QED) is 0.697. The molecule has 132 valence electrons. The lowest BCUT2D eigenvalue weighted by Gasteiger charge is -2.23.